The third-order valence-corrected chi connectivity index (χ3v) is 5.19. The van der Waals surface area contributed by atoms with Crippen molar-refractivity contribution < 1.29 is 4.79 Å². The van der Waals surface area contributed by atoms with Crippen LogP contribution in [0, 0.1) is 5.92 Å². The minimum Gasteiger partial charge on any atom is -0.368 e. The number of fused-ring (bicyclic) bond motifs is 1. The number of rotatable bonds is 3. The van der Waals surface area contributed by atoms with Gasteiger partial charge in [-0.2, -0.15) is 0 Å². The number of primary amides is 1. The van der Waals surface area contributed by atoms with E-state index in [2.05, 4.69) is 36.1 Å². The highest BCUT2D eigenvalue weighted by Crippen LogP contribution is 2.50. The van der Waals surface area contributed by atoms with Crippen LogP contribution in [0.4, 0.5) is 0 Å². The quantitative estimate of drug-likeness (QED) is 0.905. The standard InChI is InChI=1S/C16H22N2O/c1-12(13-6-3-2-4-7-13)18-11-9-14-8-5-10-16(14,18)15(17)19/h2-4,6-7,12,14H,5,8-11H2,1H3,(H2,17,19)/t12-,14+,16+/m0/s1. The zero-order chi connectivity index (χ0) is 13.5. The SMILES string of the molecule is C[C@@H](c1ccccc1)N1CC[C@H]2CCC[C@]21C(N)=O. The second-order valence-electron chi connectivity index (χ2n) is 5.95. The molecule has 0 aromatic heterocycles. The highest BCUT2D eigenvalue weighted by molar-refractivity contribution is 5.86. The molecule has 2 N–H and O–H groups in total. The topological polar surface area (TPSA) is 46.3 Å². The van der Waals surface area contributed by atoms with Crippen LogP contribution < -0.4 is 5.73 Å². The highest BCUT2D eigenvalue weighted by Gasteiger charge is 2.56. The fraction of sp³-hybridized carbons (Fsp3) is 0.562. The minimum atomic E-state index is -0.380. The Hall–Kier alpha value is -1.35. The highest BCUT2D eigenvalue weighted by atomic mass is 16.1. The van der Waals surface area contributed by atoms with Gasteiger partial charge in [-0.1, -0.05) is 36.8 Å². The van der Waals surface area contributed by atoms with Gasteiger partial charge in [0, 0.05) is 12.6 Å². The number of carbonyl (C=O) groups excluding carboxylic acids is 1. The van der Waals surface area contributed by atoms with Crippen molar-refractivity contribution in [1.82, 2.24) is 4.90 Å². The van der Waals surface area contributed by atoms with Crippen LogP contribution in [0.25, 0.3) is 0 Å². The third kappa shape index (κ3) is 1.79. The van der Waals surface area contributed by atoms with Gasteiger partial charge in [-0.15, -0.1) is 0 Å². The fourth-order valence-electron chi connectivity index (χ4n) is 4.23. The monoisotopic (exact) mass is 258 g/mol. The number of nitrogens with two attached hydrogens (primary N) is 1. The van der Waals surface area contributed by atoms with Crippen LogP contribution in [-0.4, -0.2) is 22.9 Å². The molecule has 1 aromatic carbocycles. The maximum absolute atomic E-state index is 12.1. The number of carbonyl (C=O) groups is 1. The third-order valence-electron chi connectivity index (χ3n) is 5.19. The zero-order valence-corrected chi connectivity index (χ0v) is 11.5. The zero-order valence-electron chi connectivity index (χ0n) is 11.5. The molecule has 1 saturated carbocycles. The van der Waals surface area contributed by atoms with Crippen molar-refractivity contribution in [3.05, 3.63) is 35.9 Å². The lowest BCUT2D eigenvalue weighted by Crippen LogP contribution is -2.55. The largest absolute Gasteiger partial charge is 0.368 e. The number of hydrogen-bond donors (Lipinski definition) is 1. The van der Waals surface area contributed by atoms with Crippen LogP contribution in [0.3, 0.4) is 0 Å². The summed E-state index contributed by atoms with van der Waals surface area (Å²) in [5.41, 5.74) is 6.69. The second-order valence-corrected chi connectivity index (χ2v) is 5.95. The molecule has 1 aliphatic carbocycles. The number of hydrogen-bond acceptors (Lipinski definition) is 2. The van der Waals surface area contributed by atoms with Crippen molar-refractivity contribution >= 4 is 5.91 Å². The molecular weight excluding hydrogens is 236 g/mol. The van der Waals surface area contributed by atoms with Gasteiger partial charge < -0.3 is 5.73 Å². The van der Waals surface area contributed by atoms with E-state index in [-0.39, 0.29) is 17.5 Å². The Bertz CT molecular complexity index is 473. The molecule has 3 atom stereocenters. The van der Waals surface area contributed by atoms with Gasteiger partial charge in [0.05, 0.1) is 0 Å². The summed E-state index contributed by atoms with van der Waals surface area (Å²) >= 11 is 0. The van der Waals surface area contributed by atoms with Crippen molar-refractivity contribution in [2.24, 2.45) is 11.7 Å². The average Bonchev–Trinajstić information content (AvgIpc) is 2.98. The predicted octanol–water partition coefficient (Wildman–Crippen LogP) is 2.48. The molecule has 2 fully saturated rings. The van der Waals surface area contributed by atoms with Crippen LogP contribution in [0.2, 0.25) is 0 Å². The summed E-state index contributed by atoms with van der Waals surface area (Å²) in [7, 11) is 0. The summed E-state index contributed by atoms with van der Waals surface area (Å²) in [4.78, 5) is 14.5. The van der Waals surface area contributed by atoms with E-state index >= 15 is 0 Å². The van der Waals surface area contributed by atoms with Crippen molar-refractivity contribution in [2.45, 2.75) is 44.2 Å². The Kier molecular flexibility index (Phi) is 3.09. The van der Waals surface area contributed by atoms with Gasteiger partial charge in [-0.05, 0) is 37.7 Å². The Morgan fingerprint density at radius 3 is 2.79 bits per heavy atom. The van der Waals surface area contributed by atoms with Gasteiger partial charge >= 0.3 is 0 Å². The first-order valence-electron chi connectivity index (χ1n) is 7.28. The molecule has 3 nitrogen and oxygen atoms in total. The lowest BCUT2D eigenvalue weighted by Gasteiger charge is -2.40. The number of amides is 1. The van der Waals surface area contributed by atoms with E-state index in [0.717, 1.165) is 32.2 Å². The molecule has 1 heterocycles. The summed E-state index contributed by atoms with van der Waals surface area (Å²) in [6.45, 7) is 3.18. The van der Waals surface area contributed by atoms with Crippen LogP contribution in [0.15, 0.2) is 30.3 Å². The predicted molar refractivity (Wildman–Crippen MR) is 75.4 cm³/mol. The van der Waals surface area contributed by atoms with E-state index in [1.165, 1.54) is 5.56 Å². The van der Waals surface area contributed by atoms with Gasteiger partial charge in [-0.25, -0.2) is 0 Å². The number of benzene rings is 1. The van der Waals surface area contributed by atoms with E-state index < -0.39 is 0 Å². The first-order chi connectivity index (χ1) is 9.16. The number of likely N-dealkylation sites (tertiary alicyclic amines) is 1. The van der Waals surface area contributed by atoms with Gasteiger partial charge in [0.15, 0.2) is 0 Å². The fourth-order valence-corrected chi connectivity index (χ4v) is 4.23. The molecule has 1 saturated heterocycles. The van der Waals surface area contributed by atoms with Crippen LogP contribution in [-0.2, 0) is 4.79 Å². The Balaban J connectivity index is 1.94. The molecule has 1 aromatic rings. The van der Waals surface area contributed by atoms with Crippen LogP contribution in [0.1, 0.15) is 44.2 Å². The molecule has 2 aliphatic rings. The van der Waals surface area contributed by atoms with Gasteiger partial charge in [0.2, 0.25) is 5.91 Å². The average molecular weight is 258 g/mol. The molecule has 0 unspecified atom stereocenters. The van der Waals surface area contributed by atoms with Gasteiger partial charge in [0.1, 0.15) is 5.54 Å². The Labute approximate surface area is 114 Å². The molecule has 3 rings (SSSR count). The van der Waals surface area contributed by atoms with E-state index in [4.69, 9.17) is 5.73 Å². The maximum Gasteiger partial charge on any atom is 0.238 e. The smallest absolute Gasteiger partial charge is 0.238 e. The molecule has 0 spiro atoms. The molecule has 1 amide bonds. The van der Waals surface area contributed by atoms with Crippen molar-refractivity contribution in [3.63, 3.8) is 0 Å². The minimum absolute atomic E-state index is 0.115. The van der Waals surface area contributed by atoms with E-state index in [9.17, 15) is 4.79 Å². The summed E-state index contributed by atoms with van der Waals surface area (Å²) in [6, 6.07) is 10.7. The first kappa shape index (κ1) is 12.7. The van der Waals surface area contributed by atoms with E-state index in [0.29, 0.717) is 5.92 Å². The van der Waals surface area contributed by atoms with E-state index in [1.807, 2.05) is 6.07 Å². The Morgan fingerprint density at radius 1 is 1.37 bits per heavy atom. The first-order valence-corrected chi connectivity index (χ1v) is 7.28. The van der Waals surface area contributed by atoms with Crippen molar-refractivity contribution in [2.75, 3.05) is 6.54 Å². The molecule has 0 bridgehead atoms. The summed E-state index contributed by atoms with van der Waals surface area (Å²) in [6.07, 6.45) is 4.33. The normalized spacial score (nSPS) is 32.2. The second kappa shape index (κ2) is 4.64. The van der Waals surface area contributed by atoms with Crippen molar-refractivity contribution in [3.8, 4) is 0 Å². The van der Waals surface area contributed by atoms with Gasteiger partial charge in [-0.3, -0.25) is 9.69 Å². The summed E-state index contributed by atoms with van der Waals surface area (Å²) < 4.78 is 0. The number of nitrogens with zero attached hydrogens (tertiary/aromatic N) is 1. The van der Waals surface area contributed by atoms with Crippen molar-refractivity contribution in [1.29, 1.82) is 0 Å². The van der Waals surface area contributed by atoms with Gasteiger partial charge in [0.25, 0.3) is 0 Å². The molecule has 1 aliphatic heterocycles. The molecule has 0 radical (unpaired) electrons. The molecule has 3 heteroatoms. The van der Waals surface area contributed by atoms with Crippen LogP contribution >= 0.6 is 0 Å². The van der Waals surface area contributed by atoms with Crippen LogP contribution in [0.5, 0.6) is 0 Å². The maximum atomic E-state index is 12.1. The Morgan fingerprint density at radius 2 is 2.11 bits per heavy atom. The lowest BCUT2D eigenvalue weighted by atomic mass is 9.86. The molecule has 19 heavy (non-hydrogen) atoms. The molecular formula is C16H22N2O. The lowest BCUT2D eigenvalue weighted by molar-refractivity contribution is -0.131. The van der Waals surface area contributed by atoms with E-state index in [1.54, 1.807) is 0 Å². The molecule has 102 valence electrons. The summed E-state index contributed by atoms with van der Waals surface area (Å²) in [5, 5.41) is 0. The summed E-state index contributed by atoms with van der Waals surface area (Å²) in [5.74, 6) is 0.353.